The van der Waals surface area contributed by atoms with E-state index in [4.69, 9.17) is 16.3 Å². The van der Waals surface area contributed by atoms with E-state index in [0.29, 0.717) is 29.9 Å². The van der Waals surface area contributed by atoms with Gasteiger partial charge in [0.1, 0.15) is 5.75 Å². The van der Waals surface area contributed by atoms with Crippen molar-refractivity contribution >= 4 is 42.3 Å². The third-order valence-corrected chi connectivity index (χ3v) is 8.32. The predicted octanol–water partition coefficient (Wildman–Crippen LogP) is 5.64. The summed E-state index contributed by atoms with van der Waals surface area (Å²) in [5, 5.41) is 20.8. The molecule has 2 aromatic carbocycles. The molecule has 2 aromatic rings. The number of imide groups is 1. The van der Waals surface area contributed by atoms with Crippen LogP contribution in [0.3, 0.4) is 0 Å². The van der Waals surface area contributed by atoms with Crippen molar-refractivity contribution in [3.63, 3.8) is 0 Å². The number of amides is 2. The van der Waals surface area contributed by atoms with Crippen molar-refractivity contribution in [2.45, 2.75) is 52.0 Å². The van der Waals surface area contributed by atoms with Crippen LogP contribution in [0.4, 0.5) is 5.69 Å². The van der Waals surface area contributed by atoms with E-state index in [-0.39, 0.29) is 29.6 Å². The summed E-state index contributed by atoms with van der Waals surface area (Å²) in [5.41, 5.74) is 4.76. The molecule has 2 saturated heterocycles. The molecule has 3 aliphatic rings. The highest BCUT2D eigenvalue weighted by molar-refractivity contribution is 6.43. The number of benzene rings is 2. The number of hydrogen-bond donors (Lipinski definition) is 2. The fourth-order valence-corrected chi connectivity index (χ4v) is 6.50. The molecule has 2 N–H and O–H groups in total. The monoisotopic (exact) mass is 519 g/mol. The minimum absolute atomic E-state index is 0.125. The molecule has 1 aliphatic carbocycles. The molecular formula is C29H31BClNO5. The zero-order chi connectivity index (χ0) is 26.3. The SMILES string of the molecule is CC/C(=C\c1ccc(O)cc1Cl)CC[C@H]1OB(O)C[C@H]2C1=C(C)C[C@H]1C(=O)N(c3ccccc3)C(=O)[C@H]12. The quantitative estimate of drug-likeness (QED) is 0.293. The highest BCUT2D eigenvalue weighted by Crippen LogP contribution is 2.51. The normalized spacial score (nSPS) is 26.0. The average Bonchev–Trinajstić information content (AvgIpc) is 3.12. The van der Waals surface area contributed by atoms with Crippen LogP contribution >= 0.6 is 11.6 Å². The van der Waals surface area contributed by atoms with Gasteiger partial charge in [-0.15, -0.1) is 0 Å². The van der Waals surface area contributed by atoms with Crippen LogP contribution in [0.2, 0.25) is 11.3 Å². The first-order valence-electron chi connectivity index (χ1n) is 12.9. The van der Waals surface area contributed by atoms with Crippen LogP contribution in [0.1, 0.15) is 45.1 Å². The lowest BCUT2D eigenvalue weighted by Gasteiger charge is -2.42. The van der Waals surface area contributed by atoms with E-state index >= 15 is 0 Å². The summed E-state index contributed by atoms with van der Waals surface area (Å²) in [5.74, 6) is -1.32. The first-order valence-corrected chi connectivity index (χ1v) is 13.3. The van der Waals surface area contributed by atoms with Crippen LogP contribution in [0.5, 0.6) is 5.75 Å². The summed E-state index contributed by atoms with van der Waals surface area (Å²) in [4.78, 5) is 28.3. The summed E-state index contributed by atoms with van der Waals surface area (Å²) < 4.78 is 6.03. The van der Waals surface area contributed by atoms with Crippen molar-refractivity contribution in [3.8, 4) is 5.75 Å². The van der Waals surface area contributed by atoms with Gasteiger partial charge in [0, 0.05) is 0 Å². The van der Waals surface area contributed by atoms with Gasteiger partial charge in [0.25, 0.3) is 0 Å². The van der Waals surface area contributed by atoms with Crippen molar-refractivity contribution in [1.29, 1.82) is 0 Å². The molecule has 192 valence electrons. The lowest BCUT2D eigenvalue weighted by molar-refractivity contribution is -0.122. The lowest BCUT2D eigenvalue weighted by Crippen LogP contribution is -2.46. The van der Waals surface area contributed by atoms with Crippen LogP contribution in [0.25, 0.3) is 6.08 Å². The Morgan fingerprint density at radius 2 is 1.92 bits per heavy atom. The van der Waals surface area contributed by atoms with Crippen LogP contribution < -0.4 is 4.90 Å². The minimum atomic E-state index is -0.987. The first-order chi connectivity index (χ1) is 17.8. The Balaban J connectivity index is 1.39. The second-order valence-electron chi connectivity index (χ2n) is 10.2. The number of nitrogens with zero attached hydrogens (tertiary/aromatic N) is 1. The Morgan fingerprint density at radius 3 is 2.62 bits per heavy atom. The number of carbonyl (C=O) groups excluding carboxylic acids is 2. The molecule has 2 amide bonds. The second kappa shape index (κ2) is 10.5. The number of para-hydroxylation sites is 1. The summed E-state index contributed by atoms with van der Waals surface area (Å²) in [7, 11) is -0.987. The number of rotatable bonds is 6. The van der Waals surface area contributed by atoms with Crippen LogP contribution in [0, 0.1) is 17.8 Å². The number of anilines is 1. The molecule has 0 radical (unpaired) electrons. The van der Waals surface area contributed by atoms with Gasteiger partial charge in [-0.05, 0) is 86.3 Å². The summed E-state index contributed by atoms with van der Waals surface area (Å²) in [6.45, 7) is 4.11. The van der Waals surface area contributed by atoms with E-state index in [0.717, 1.165) is 29.6 Å². The molecule has 0 spiro atoms. The molecule has 0 aromatic heterocycles. The van der Waals surface area contributed by atoms with Crippen molar-refractivity contribution in [1.82, 2.24) is 0 Å². The van der Waals surface area contributed by atoms with Crippen molar-refractivity contribution in [2.75, 3.05) is 4.90 Å². The highest BCUT2D eigenvalue weighted by Gasteiger charge is 2.57. The molecular weight excluding hydrogens is 489 g/mol. The van der Waals surface area contributed by atoms with E-state index in [1.54, 1.807) is 24.3 Å². The molecule has 6 nitrogen and oxygen atoms in total. The van der Waals surface area contributed by atoms with E-state index in [9.17, 15) is 19.7 Å². The predicted molar refractivity (Wildman–Crippen MR) is 145 cm³/mol. The zero-order valence-electron chi connectivity index (χ0n) is 21.1. The van der Waals surface area contributed by atoms with Gasteiger partial charge in [0.15, 0.2) is 0 Å². The van der Waals surface area contributed by atoms with Gasteiger partial charge >= 0.3 is 7.12 Å². The number of hydrogen-bond acceptors (Lipinski definition) is 5. The zero-order valence-corrected chi connectivity index (χ0v) is 21.8. The summed E-state index contributed by atoms with van der Waals surface area (Å²) in [6, 6.07) is 14.0. The van der Waals surface area contributed by atoms with Gasteiger partial charge in [-0.1, -0.05) is 53.9 Å². The maximum atomic E-state index is 13.6. The molecule has 4 atom stereocenters. The number of allylic oxidation sites excluding steroid dienone is 2. The molecule has 2 aliphatic heterocycles. The smallest absolute Gasteiger partial charge is 0.455 e. The van der Waals surface area contributed by atoms with Gasteiger partial charge < -0.3 is 14.8 Å². The van der Waals surface area contributed by atoms with E-state index in [1.165, 1.54) is 16.5 Å². The minimum Gasteiger partial charge on any atom is -0.508 e. The van der Waals surface area contributed by atoms with E-state index in [1.807, 2.05) is 31.2 Å². The Hall–Kier alpha value is -2.87. The van der Waals surface area contributed by atoms with Crippen molar-refractivity contribution in [2.24, 2.45) is 17.8 Å². The Kier molecular flexibility index (Phi) is 7.30. The third kappa shape index (κ3) is 4.88. The molecule has 5 rings (SSSR count). The number of carbonyl (C=O) groups is 2. The fraction of sp³-hybridized carbons (Fsp3) is 0.379. The molecule has 0 unspecified atom stereocenters. The molecule has 0 saturated carbocycles. The number of aromatic hydroxyl groups is 1. The third-order valence-electron chi connectivity index (χ3n) is 7.99. The number of fused-ring (bicyclic) bond motifs is 3. The average molecular weight is 520 g/mol. The topological polar surface area (TPSA) is 87.1 Å². The molecule has 0 bridgehead atoms. The standard InChI is InChI=1S/C29H31BClNO5/c1-3-18(14-19-10-11-21(33)15-24(19)31)9-12-25-26-17(2)13-22-27(23(26)16-30(36)37-25)29(35)32(28(22)34)20-7-5-4-6-8-20/h4-8,10-11,14-15,22-23,25,27,33,36H,3,9,12-13,16H2,1-2H3/b18-14+/t22-,23+,25-,27-/m1/s1. The number of phenols is 1. The van der Waals surface area contributed by atoms with Gasteiger partial charge in [-0.25, -0.2) is 0 Å². The van der Waals surface area contributed by atoms with Gasteiger partial charge in [-0.3, -0.25) is 14.5 Å². The first kappa shape index (κ1) is 25.8. The van der Waals surface area contributed by atoms with Crippen LogP contribution in [-0.2, 0) is 14.2 Å². The number of halogens is 1. The maximum absolute atomic E-state index is 13.6. The van der Waals surface area contributed by atoms with Crippen molar-refractivity contribution < 1.29 is 24.4 Å². The fourth-order valence-electron chi connectivity index (χ4n) is 6.27. The highest BCUT2D eigenvalue weighted by atomic mass is 35.5. The van der Waals surface area contributed by atoms with Gasteiger partial charge in [0.05, 0.1) is 28.6 Å². The number of phenolic OH excluding ortho intramolecular Hbond substituents is 1. The Labute approximate surface area is 222 Å². The maximum Gasteiger partial charge on any atom is 0.455 e. The van der Waals surface area contributed by atoms with Crippen LogP contribution in [-0.4, -0.2) is 35.2 Å². The summed E-state index contributed by atoms with van der Waals surface area (Å²) in [6.07, 6.45) is 4.74. The summed E-state index contributed by atoms with van der Waals surface area (Å²) >= 11 is 6.31. The van der Waals surface area contributed by atoms with Crippen LogP contribution in [0.15, 0.2) is 65.3 Å². The Bertz CT molecular complexity index is 1280. The van der Waals surface area contributed by atoms with E-state index in [2.05, 4.69) is 6.92 Å². The van der Waals surface area contributed by atoms with Gasteiger partial charge in [0.2, 0.25) is 11.8 Å². The van der Waals surface area contributed by atoms with Crippen molar-refractivity contribution in [3.05, 3.63) is 75.8 Å². The molecule has 2 fully saturated rings. The largest absolute Gasteiger partial charge is 0.508 e. The molecule has 37 heavy (non-hydrogen) atoms. The van der Waals surface area contributed by atoms with E-state index < -0.39 is 19.0 Å². The lowest BCUT2D eigenvalue weighted by atomic mass is 9.59. The second-order valence-corrected chi connectivity index (χ2v) is 10.6. The molecule has 8 heteroatoms. The Morgan fingerprint density at radius 1 is 1.16 bits per heavy atom. The van der Waals surface area contributed by atoms with Gasteiger partial charge in [-0.2, -0.15) is 0 Å². The molecule has 2 heterocycles.